The second-order valence-corrected chi connectivity index (χ2v) is 11.8. The summed E-state index contributed by atoms with van der Waals surface area (Å²) in [4.78, 5) is 29.9. The Morgan fingerprint density at radius 2 is 1.92 bits per heavy atom. The van der Waals surface area contributed by atoms with Gasteiger partial charge < -0.3 is 21.1 Å². The molecule has 4 heterocycles. The third-order valence-electron chi connectivity index (χ3n) is 7.98. The fraction of sp³-hybridized carbons (Fsp3) is 0.357. The molecule has 0 bridgehead atoms. The number of halogens is 1. The van der Waals surface area contributed by atoms with Gasteiger partial charge in [-0.1, -0.05) is 53.7 Å². The number of hydrogen-bond acceptors (Lipinski definition) is 9. The van der Waals surface area contributed by atoms with E-state index in [4.69, 9.17) is 27.8 Å². The number of aromatic nitrogens is 4. The van der Waals surface area contributed by atoms with Crippen LogP contribution >= 0.6 is 23.4 Å². The number of nitrogens with two attached hydrogens (primary N) is 2. The van der Waals surface area contributed by atoms with Crippen LogP contribution in [0, 0.1) is 5.41 Å². The minimum Gasteiger partial charge on any atom is -0.381 e. The highest BCUT2D eigenvalue weighted by molar-refractivity contribution is 7.99. The van der Waals surface area contributed by atoms with E-state index in [9.17, 15) is 4.79 Å². The zero-order valence-electron chi connectivity index (χ0n) is 21.6. The summed E-state index contributed by atoms with van der Waals surface area (Å²) in [7, 11) is 0. The second kappa shape index (κ2) is 10.4. The molecule has 2 aliphatic rings. The van der Waals surface area contributed by atoms with Crippen molar-refractivity contribution in [1.29, 1.82) is 0 Å². The van der Waals surface area contributed by atoms with Gasteiger partial charge in [-0.3, -0.25) is 9.36 Å². The molecule has 4 N–H and O–H groups in total. The number of benzene rings is 2. The second-order valence-electron chi connectivity index (χ2n) is 10.3. The Morgan fingerprint density at radius 3 is 2.62 bits per heavy atom. The molecule has 2 aromatic carbocycles. The molecule has 11 heteroatoms. The number of nitrogen functional groups attached to an aromatic ring is 1. The molecule has 0 saturated carbocycles. The van der Waals surface area contributed by atoms with Crippen LogP contribution in [-0.2, 0) is 11.3 Å². The standard InChI is InChI=1S/C28H30ClN7O2S/c1-17-24(30)28(15-38-17)9-11-35(12-10-28)21-13-32-26(25(31)34-21)39-20-8-7-19-22(23(20)29)27(37)36(16-33-19)14-18-5-3-2-4-6-18/h2-8,13,16-17,24H,9-12,14-15,30H2,1H3,(H2,31,34)/t17-,24+/m0/s1. The molecule has 2 saturated heterocycles. The van der Waals surface area contributed by atoms with Crippen molar-refractivity contribution >= 4 is 45.9 Å². The molecule has 202 valence electrons. The van der Waals surface area contributed by atoms with Gasteiger partial charge >= 0.3 is 0 Å². The molecule has 2 atom stereocenters. The Kier molecular flexibility index (Phi) is 6.96. The minimum absolute atomic E-state index is 0.0338. The van der Waals surface area contributed by atoms with Crippen molar-refractivity contribution in [1.82, 2.24) is 19.5 Å². The fourth-order valence-corrected chi connectivity index (χ4v) is 6.68. The van der Waals surface area contributed by atoms with Gasteiger partial charge in [0.25, 0.3) is 5.56 Å². The van der Waals surface area contributed by atoms with Gasteiger partial charge in [-0.15, -0.1) is 0 Å². The van der Waals surface area contributed by atoms with Gasteiger partial charge in [-0.05, 0) is 37.5 Å². The molecule has 0 radical (unpaired) electrons. The van der Waals surface area contributed by atoms with E-state index in [1.807, 2.05) is 43.3 Å². The molecule has 1 spiro atoms. The maximum absolute atomic E-state index is 13.3. The molecule has 2 aromatic heterocycles. The van der Waals surface area contributed by atoms with E-state index >= 15 is 0 Å². The number of anilines is 2. The zero-order valence-corrected chi connectivity index (χ0v) is 23.2. The van der Waals surface area contributed by atoms with Crippen LogP contribution in [0.2, 0.25) is 5.02 Å². The van der Waals surface area contributed by atoms with Gasteiger partial charge in [0.1, 0.15) is 10.8 Å². The van der Waals surface area contributed by atoms with Crippen molar-refractivity contribution in [2.75, 3.05) is 30.3 Å². The first kappa shape index (κ1) is 26.1. The lowest BCUT2D eigenvalue weighted by atomic mass is 9.73. The van der Waals surface area contributed by atoms with E-state index in [1.54, 1.807) is 23.2 Å². The highest BCUT2D eigenvalue weighted by atomic mass is 35.5. The lowest BCUT2D eigenvalue weighted by Gasteiger charge is -2.41. The molecule has 6 rings (SSSR count). The lowest BCUT2D eigenvalue weighted by molar-refractivity contribution is 0.0974. The number of hydrogen-bond donors (Lipinski definition) is 2. The van der Waals surface area contributed by atoms with Crippen LogP contribution in [0.25, 0.3) is 10.9 Å². The highest BCUT2D eigenvalue weighted by Gasteiger charge is 2.47. The molecular weight excluding hydrogens is 534 g/mol. The van der Waals surface area contributed by atoms with E-state index in [0.29, 0.717) is 44.8 Å². The van der Waals surface area contributed by atoms with Crippen molar-refractivity contribution in [3.05, 3.63) is 75.9 Å². The van der Waals surface area contributed by atoms with Crippen LogP contribution in [-0.4, -0.2) is 51.4 Å². The summed E-state index contributed by atoms with van der Waals surface area (Å²) in [6, 6.07) is 13.4. The number of ether oxygens (including phenoxy) is 1. The van der Waals surface area contributed by atoms with Gasteiger partial charge in [0.05, 0.1) is 47.7 Å². The first-order chi connectivity index (χ1) is 18.8. The Labute approximate surface area is 235 Å². The Balaban J connectivity index is 1.21. The van der Waals surface area contributed by atoms with Gasteiger partial charge in [-0.2, -0.15) is 0 Å². The van der Waals surface area contributed by atoms with E-state index in [-0.39, 0.29) is 23.1 Å². The topological polar surface area (TPSA) is 125 Å². The van der Waals surface area contributed by atoms with Crippen molar-refractivity contribution in [3.8, 4) is 0 Å². The highest BCUT2D eigenvalue weighted by Crippen LogP contribution is 2.42. The zero-order chi connectivity index (χ0) is 27.1. The number of fused-ring (bicyclic) bond motifs is 1. The summed E-state index contributed by atoms with van der Waals surface area (Å²) in [6.07, 6.45) is 5.28. The molecule has 2 aliphatic heterocycles. The average Bonchev–Trinajstić information content (AvgIpc) is 3.22. The smallest absolute Gasteiger partial charge is 0.263 e. The van der Waals surface area contributed by atoms with Gasteiger partial charge in [-0.25, -0.2) is 15.0 Å². The average molecular weight is 564 g/mol. The molecule has 9 nitrogen and oxygen atoms in total. The summed E-state index contributed by atoms with van der Waals surface area (Å²) in [6.45, 7) is 4.82. The first-order valence-corrected chi connectivity index (χ1v) is 14.2. The van der Waals surface area contributed by atoms with Gasteiger partial charge in [0.2, 0.25) is 0 Å². The van der Waals surface area contributed by atoms with Crippen LogP contribution in [0.5, 0.6) is 0 Å². The van der Waals surface area contributed by atoms with Crippen molar-refractivity contribution in [2.45, 2.75) is 48.4 Å². The Morgan fingerprint density at radius 1 is 1.15 bits per heavy atom. The number of rotatable bonds is 5. The van der Waals surface area contributed by atoms with Gasteiger partial charge in [0.15, 0.2) is 5.82 Å². The van der Waals surface area contributed by atoms with Crippen LogP contribution in [0.3, 0.4) is 0 Å². The quantitative estimate of drug-likeness (QED) is 0.371. The maximum Gasteiger partial charge on any atom is 0.263 e. The molecule has 39 heavy (non-hydrogen) atoms. The summed E-state index contributed by atoms with van der Waals surface area (Å²) in [5.74, 6) is 1.06. The molecule has 0 aliphatic carbocycles. The van der Waals surface area contributed by atoms with Crippen LogP contribution in [0.15, 0.2) is 69.7 Å². The SMILES string of the molecule is C[C@@H]1OCC2(CCN(c3cnc(Sc4ccc5ncn(Cc6ccccc6)c(=O)c5c4Cl)c(N)n3)CC2)[C@@H]1N. The van der Waals surface area contributed by atoms with Crippen LogP contribution in [0.1, 0.15) is 25.3 Å². The number of piperidine rings is 1. The third kappa shape index (κ3) is 4.86. The first-order valence-electron chi connectivity index (χ1n) is 13.0. The summed E-state index contributed by atoms with van der Waals surface area (Å²) < 4.78 is 7.40. The van der Waals surface area contributed by atoms with Crippen molar-refractivity contribution in [2.24, 2.45) is 11.1 Å². The van der Waals surface area contributed by atoms with E-state index in [1.165, 1.54) is 11.8 Å². The van der Waals surface area contributed by atoms with E-state index in [0.717, 1.165) is 37.3 Å². The van der Waals surface area contributed by atoms with Gasteiger partial charge in [0, 0.05) is 29.4 Å². The largest absolute Gasteiger partial charge is 0.381 e. The van der Waals surface area contributed by atoms with E-state index in [2.05, 4.69) is 19.9 Å². The van der Waals surface area contributed by atoms with Crippen molar-refractivity contribution in [3.63, 3.8) is 0 Å². The predicted octanol–water partition coefficient (Wildman–Crippen LogP) is 3.95. The lowest BCUT2D eigenvalue weighted by Crippen LogP contribution is -2.50. The fourth-order valence-electron chi connectivity index (χ4n) is 5.53. The molecule has 0 unspecified atom stereocenters. The predicted molar refractivity (Wildman–Crippen MR) is 154 cm³/mol. The summed E-state index contributed by atoms with van der Waals surface area (Å²) >= 11 is 8.05. The molecule has 0 amide bonds. The monoisotopic (exact) mass is 563 g/mol. The van der Waals surface area contributed by atoms with E-state index < -0.39 is 0 Å². The minimum atomic E-state index is -0.199. The van der Waals surface area contributed by atoms with Crippen LogP contribution < -0.4 is 21.9 Å². The Bertz CT molecular complexity index is 1570. The molecule has 2 fully saturated rings. The molecular formula is C28H30ClN7O2S. The Hall–Kier alpha value is -3.18. The maximum atomic E-state index is 13.3. The number of nitrogens with zero attached hydrogens (tertiary/aromatic N) is 5. The van der Waals surface area contributed by atoms with Crippen molar-refractivity contribution < 1.29 is 4.74 Å². The molecule has 4 aromatic rings. The summed E-state index contributed by atoms with van der Waals surface area (Å²) in [5.41, 5.74) is 14.2. The van der Waals surface area contributed by atoms with Crippen LogP contribution in [0.4, 0.5) is 11.6 Å². The summed E-state index contributed by atoms with van der Waals surface area (Å²) in [5, 5.41) is 1.23. The third-order valence-corrected chi connectivity index (χ3v) is 9.55. The normalized spacial score (nSPS) is 20.6.